The summed E-state index contributed by atoms with van der Waals surface area (Å²) in [6.45, 7) is 6.15. The molecule has 3 aromatic rings. The first-order chi connectivity index (χ1) is 16.6. The van der Waals surface area contributed by atoms with Crippen molar-refractivity contribution in [2.45, 2.75) is 71.3 Å². The number of carbonyl (C=O) groups is 1. The normalized spacial score (nSPS) is 19.5. The first kappa shape index (κ1) is 23.8. The van der Waals surface area contributed by atoms with Gasteiger partial charge in [-0.15, -0.1) is 0 Å². The van der Waals surface area contributed by atoms with Crippen molar-refractivity contribution in [1.82, 2.24) is 4.98 Å². The van der Waals surface area contributed by atoms with Gasteiger partial charge in [-0.2, -0.15) is 0 Å². The lowest BCUT2D eigenvalue weighted by Gasteiger charge is -2.37. The fourth-order valence-corrected chi connectivity index (χ4v) is 5.84. The predicted molar refractivity (Wildman–Crippen MR) is 132 cm³/mol. The first-order valence-corrected chi connectivity index (χ1v) is 12.5. The molecule has 2 aromatic carbocycles. The van der Waals surface area contributed by atoms with E-state index in [1.54, 1.807) is 12.1 Å². The largest absolute Gasteiger partial charge is 0.388 e. The highest BCUT2D eigenvalue weighted by molar-refractivity contribution is 6.14. The van der Waals surface area contributed by atoms with E-state index in [-0.39, 0.29) is 17.1 Å². The molecule has 1 fully saturated rings. The van der Waals surface area contributed by atoms with Crippen LogP contribution in [0.1, 0.15) is 96.4 Å². The third-order valence-electron chi connectivity index (χ3n) is 7.56. The maximum atomic E-state index is 14.5. The minimum absolute atomic E-state index is 0.121. The molecular weight excluding hydrogens is 444 g/mol. The van der Waals surface area contributed by atoms with Gasteiger partial charge in [-0.05, 0) is 55.7 Å². The topological polar surface area (TPSA) is 50.2 Å². The van der Waals surface area contributed by atoms with Crippen LogP contribution in [0, 0.1) is 24.0 Å². The second-order valence-corrected chi connectivity index (χ2v) is 11.0. The number of aromatic nitrogens is 1. The molecule has 182 valence electrons. The minimum atomic E-state index is -0.977. The summed E-state index contributed by atoms with van der Waals surface area (Å²) in [7, 11) is 0. The Kier molecular flexibility index (Phi) is 6.08. The van der Waals surface area contributed by atoms with Crippen molar-refractivity contribution >= 4 is 5.78 Å². The summed E-state index contributed by atoms with van der Waals surface area (Å²) < 4.78 is 28.4. The van der Waals surface area contributed by atoms with E-state index in [0.29, 0.717) is 40.7 Å². The number of aryl methyl sites for hydroxylation is 1. The molecule has 0 radical (unpaired) electrons. The Hall–Kier alpha value is -2.92. The molecule has 5 heteroatoms. The average molecular weight is 476 g/mol. The first-order valence-electron chi connectivity index (χ1n) is 12.5. The number of pyridine rings is 1. The fraction of sp³-hybridized carbons (Fsp3) is 0.400. The molecule has 0 unspecified atom stereocenters. The van der Waals surface area contributed by atoms with E-state index in [1.807, 2.05) is 19.1 Å². The Labute approximate surface area is 205 Å². The van der Waals surface area contributed by atoms with Crippen molar-refractivity contribution in [3.8, 4) is 11.1 Å². The van der Waals surface area contributed by atoms with Crippen LogP contribution < -0.4 is 0 Å². The highest BCUT2D eigenvalue weighted by atomic mass is 19.2. The van der Waals surface area contributed by atoms with E-state index in [1.165, 1.54) is 6.07 Å². The zero-order valence-electron chi connectivity index (χ0n) is 20.5. The lowest BCUT2D eigenvalue weighted by molar-refractivity contribution is 0.0979. The van der Waals surface area contributed by atoms with E-state index in [4.69, 9.17) is 4.98 Å². The minimum Gasteiger partial charge on any atom is -0.388 e. The van der Waals surface area contributed by atoms with Crippen molar-refractivity contribution in [1.29, 1.82) is 0 Å². The van der Waals surface area contributed by atoms with Gasteiger partial charge in [0.2, 0.25) is 0 Å². The standard InChI is InChI=1S/C30H31F2NO2/c1-17-8-10-19(11-9-17)29(35)27-25(20-12-13-21(31)22(32)14-20)26-23(15-30(2,3)16-24(26)34)33-28(27)18-6-4-5-7-18/h8-14,18,24,34H,4-7,15-16H2,1-3H3/t24-/m0/s1. The SMILES string of the molecule is Cc1ccc(C(=O)c2c(C3CCCC3)nc3c(c2-c2ccc(F)c(F)c2)[C@@H](O)CC(C)(C)C3)cc1. The average Bonchev–Trinajstić information content (AvgIpc) is 3.34. The molecule has 0 saturated heterocycles. The Morgan fingerprint density at radius 2 is 1.71 bits per heavy atom. The van der Waals surface area contributed by atoms with Crippen LogP contribution in [0.2, 0.25) is 0 Å². The number of rotatable bonds is 4. The fourth-order valence-electron chi connectivity index (χ4n) is 5.84. The van der Waals surface area contributed by atoms with Gasteiger partial charge in [0.25, 0.3) is 0 Å². The molecule has 1 heterocycles. The van der Waals surface area contributed by atoms with Gasteiger partial charge in [0.1, 0.15) is 0 Å². The zero-order chi connectivity index (χ0) is 24.9. The number of aliphatic hydroxyl groups is 1. The number of nitrogens with zero attached hydrogens (tertiary/aromatic N) is 1. The Balaban J connectivity index is 1.85. The van der Waals surface area contributed by atoms with E-state index >= 15 is 0 Å². The molecule has 35 heavy (non-hydrogen) atoms. The quantitative estimate of drug-likeness (QED) is 0.405. The third kappa shape index (κ3) is 4.42. The molecule has 1 saturated carbocycles. The maximum Gasteiger partial charge on any atom is 0.195 e. The Morgan fingerprint density at radius 3 is 2.37 bits per heavy atom. The second kappa shape index (κ2) is 8.94. The van der Waals surface area contributed by atoms with Crippen LogP contribution >= 0.6 is 0 Å². The van der Waals surface area contributed by atoms with Crippen LogP contribution in [-0.4, -0.2) is 15.9 Å². The van der Waals surface area contributed by atoms with E-state index in [9.17, 15) is 18.7 Å². The summed E-state index contributed by atoms with van der Waals surface area (Å²) in [6, 6.07) is 11.1. The van der Waals surface area contributed by atoms with Gasteiger partial charge in [-0.25, -0.2) is 8.78 Å². The van der Waals surface area contributed by atoms with Crippen LogP contribution in [0.4, 0.5) is 8.78 Å². The number of hydrogen-bond donors (Lipinski definition) is 1. The zero-order valence-corrected chi connectivity index (χ0v) is 20.5. The lowest BCUT2D eigenvalue weighted by atomic mass is 9.71. The van der Waals surface area contributed by atoms with Gasteiger partial charge in [-0.3, -0.25) is 9.78 Å². The smallest absolute Gasteiger partial charge is 0.195 e. The monoisotopic (exact) mass is 475 g/mol. The number of fused-ring (bicyclic) bond motifs is 1. The van der Waals surface area contributed by atoms with Gasteiger partial charge >= 0.3 is 0 Å². The summed E-state index contributed by atoms with van der Waals surface area (Å²) in [6.07, 6.45) is 4.29. The van der Waals surface area contributed by atoms with Crippen molar-refractivity contribution < 1.29 is 18.7 Å². The summed E-state index contributed by atoms with van der Waals surface area (Å²) in [5.74, 6) is -1.99. The van der Waals surface area contributed by atoms with Gasteiger partial charge in [-0.1, -0.05) is 62.6 Å². The molecule has 0 aliphatic heterocycles. The maximum absolute atomic E-state index is 14.5. The molecule has 3 nitrogen and oxygen atoms in total. The lowest BCUT2D eigenvalue weighted by Crippen LogP contribution is -2.29. The molecule has 1 N–H and O–H groups in total. The molecule has 1 aromatic heterocycles. The van der Waals surface area contributed by atoms with Gasteiger partial charge in [0, 0.05) is 28.3 Å². The van der Waals surface area contributed by atoms with Crippen LogP contribution in [0.25, 0.3) is 11.1 Å². The van der Waals surface area contributed by atoms with Crippen molar-refractivity contribution in [3.63, 3.8) is 0 Å². The molecule has 2 aliphatic carbocycles. The number of halogens is 2. The summed E-state index contributed by atoms with van der Waals surface area (Å²) >= 11 is 0. The van der Waals surface area contributed by atoms with Gasteiger partial charge < -0.3 is 5.11 Å². The summed E-state index contributed by atoms with van der Waals surface area (Å²) in [5.41, 5.74) is 4.79. The highest BCUT2D eigenvalue weighted by Crippen LogP contribution is 2.48. The molecule has 2 aliphatic rings. The highest BCUT2D eigenvalue weighted by Gasteiger charge is 2.39. The Bertz CT molecular complexity index is 1290. The Morgan fingerprint density at radius 1 is 1.03 bits per heavy atom. The van der Waals surface area contributed by atoms with Crippen LogP contribution in [0.3, 0.4) is 0 Å². The molecule has 1 atom stereocenters. The van der Waals surface area contributed by atoms with Crippen LogP contribution in [0.5, 0.6) is 0 Å². The number of ketones is 1. The van der Waals surface area contributed by atoms with Gasteiger partial charge in [0.15, 0.2) is 17.4 Å². The van der Waals surface area contributed by atoms with E-state index in [0.717, 1.165) is 54.8 Å². The van der Waals surface area contributed by atoms with E-state index in [2.05, 4.69) is 13.8 Å². The van der Waals surface area contributed by atoms with E-state index < -0.39 is 17.7 Å². The molecule has 0 bridgehead atoms. The third-order valence-corrected chi connectivity index (χ3v) is 7.56. The molecule has 0 amide bonds. The summed E-state index contributed by atoms with van der Waals surface area (Å²) in [5, 5.41) is 11.3. The number of aliphatic hydroxyl groups excluding tert-OH is 1. The van der Waals surface area contributed by atoms with Crippen molar-refractivity contribution in [2.75, 3.05) is 0 Å². The summed E-state index contributed by atoms with van der Waals surface area (Å²) in [4.78, 5) is 19.2. The van der Waals surface area contributed by atoms with Crippen molar-refractivity contribution in [3.05, 3.63) is 87.7 Å². The van der Waals surface area contributed by atoms with Crippen molar-refractivity contribution in [2.24, 2.45) is 5.41 Å². The molecule has 5 rings (SSSR count). The van der Waals surface area contributed by atoms with Crippen LogP contribution in [0.15, 0.2) is 42.5 Å². The number of hydrogen-bond acceptors (Lipinski definition) is 3. The van der Waals surface area contributed by atoms with Gasteiger partial charge in [0.05, 0.1) is 17.4 Å². The molecular formula is C30H31F2NO2. The predicted octanol–water partition coefficient (Wildman–Crippen LogP) is 7.23. The number of carbonyl (C=O) groups excluding carboxylic acids is 1. The van der Waals surface area contributed by atoms with Crippen LogP contribution in [-0.2, 0) is 6.42 Å². The number of benzene rings is 2. The molecule has 0 spiro atoms. The second-order valence-electron chi connectivity index (χ2n) is 11.0.